The quantitative estimate of drug-likeness (QED) is 0.635. The topological polar surface area (TPSA) is 88.1 Å². The number of hydrogen-bond donors (Lipinski definition) is 1. The summed E-state index contributed by atoms with van der Waals surface area (Å²) < 4.78 is 5.60. The van der Waals surface area contributed by atoms with Gasteiger partial charge >= 0.3 is 5.97 Å². The molecule has 1 aliphatic heterocycles. The monoisotopic (exact) mass is 489 g/mol. The van der Waals surface area contributed by atoms with Gasteiger partial charge in [-0.2, -0.15) is 0 Å². The molecule has 0 bridgehead atoms. The molecule has 1 aliphatic rings. The number of rotatable bonds is 5. The molecule has 1 saturated heterocycles. The Morgan fingerprint density at radius 1 is 1.20 bits per heavy atom. The van der Waals surface area contributed by atoms with Crippen molar-refractivity contribution in [2.24, 2.45) is 4.99 Å². The predicted molar refractivity (Wildman–Crippen MR) is 121 cm³/mol. The molecular weight excluding hydrogens is 470 g/mol. The van der Waals surface area contributed by atoms with E-state index < -0.39 is 11.2 Å². The van der Waals surface area contributed by atoms with Crippen LogP contribution < -0.4 is 5.32 Å². The Bertz CT molecular complexity index is 977. The Hall–Kier alpha value is -2.65. The lowest BCUT2D eigenvalue weighted by molar-refractivity contribution is -0.129. The Kier molecular flexibility index (Phi) is 7.28. The number of ether oxygens (including phenoxy) is 1. The Morgan fingerprint density at radius 2 is 1.87 bits per heavy atom. The molecule has 1 unspecified atom stereocenters. The van der Waals surface area contributed by atoms with Crippen LogP contribution in [-0.4, -0.2) is 46.8 Å². The molecule has 1 N–H and O–H groups in total. The van der Waals surface area contributed by atoms with Crippen LogP contribution >= 0.6 is 27.7 Å². The van der Waals surface area contributed by atoms with Gasteiger partial charge in [0.2, 0.25) is 11.8 Å². The molecule has 7 nitrogen and oxygen atoms in total. The highest BCUT2D eigenvalue weighted by atomic mass is 79.9. The standard InChI is InChI=1S/C21H20BrN3O4S/c1-3-25-18(26)12-17(30-21(25)24-16-10-6-14(22)7-11-16)19(27)23-15-8-4-13(5-9-15)20(28)29-2/h4-11,17H,3,12H2,1-2H3,(H,23,27). The minimum absolute atomic E-state index is 0.0872. The number of carbonyl (C=O) groups is 3. The zero-order chi connectivity index (χ0) is 21.7. The van der Waals surface area contributed by atoms with Gasteiger partial charge in [-0.1, -0.05) is 27.7 Å². The van der Waals surface area contributed by atoms with Crippen LogP contribution in [0, 0.1) is 0 Å². The van der Waals surface area contributed by atoms with Gasteiger partial charge in [0, 0.05) is 23.1 Å². The fourth-order valence-corrected chi connectivity index (χ4v) is 4.24. The molecular formula is C21H20BrN3O4S. The number of amidine groups is 1. The van der Waals surface area contributed by atoms with Crippen molar-refractivity contribution in [1.29, 1.82) is 0 Å². The van der Waals surface area contributed by atoms with E-state index in [2.05, 4.69) is 31.0 Å². The van der Waals surface area contributed by atoms with Crippen molar-refractivity contribution in [3.8, 4) is 0 Å². The summed E-state index contributed by atoms with van der Waals surface area (Å²) in [5, 5.41) is 2.69. The summed E-state index contributed by atoms with van der Waals surface area (Å²) in [7, 11) is 1.31. The number of methoxy groups -OCH3 is 1. The van der Waals surface area contributed by atoms with Crippen LogP contribution in [0.3, 0.4) is 0 Å². The number of halogens is 1. The summed E-state index contributed by atoms with van der Waals surface area (Å²) in [5.74, 6) is -0.888. The SMILES string of the molecule is CCN1C(=O)CC(C(=O)Nc2ccc(C(=O)OC)cc2)SC1=Nc1ccc(Br)cc1. The lowest BCUT2D eigenvalue weighted by Crippen LogP contribution is -2.45. The van der Waals surface area contributed by atoms with E-state index in [-0.39, 0.29) is 18.2 Å². The van der Waals surface area contributed by atoms with Crippen molar-refractivity contribution in [3.05, 3.63) is 58.6 Å². The summed E-state index contributed by atoms with van der Waals surface area (Å²) in [4.78, 5) is 43.0. The number of esters is 1. The first-order chi connectivity index (χ1) is 14.4. The van der Waals surface area contributed by atoms with Crippen molar-refractivity contribution in [2.75, 3.05) is 19.0 Å². The Labute approximate surface area is 187 Å². The van der Waals surface area contributed by atoms with Crippen molar-refractivity contribution >= 4 is 62.0 Å². The first-order valence-corrected chi connectivity index (χ1v) is 10.9. The largest absolute Gasteiger partial charge is 0.465 e. The van der Waals surface area contributed by atoms with Crippen LogP contribution in [0.4, 0.5) is 11.4 Å². The molecule has 1 fully saturated rings. The van der Waals surface area contributed by atoms with Gasteiger partial charge < -0.3 is 10.1 Å². The highest BCUT2D eigenvalue weighted by molar-refractivity contribution is 9.10. The summed E-state index contributed by atoms with van der Waals surface area (Å²) in [6.07, 6.45) is 0.0872. The van der Waals surface area contributed by atoms with Gasteiger partial charge in [-0.05, 0) is 55.5 Å². The average molecular weight is 490 g/mol. The van der Waals surface area contributed by atoms with Crippen LogP contribution in [0.15, 0.2) is 58.0 Å². The molecule has 0 saturated carbocycles. The molecule has 2 aromatic rings. The highest BCUT2D eigenvalue weighted by Crippen LogP contribution is 2.30. The first-order valence-electron chi connectivity index (χ1n) is 9.21. The smallest absolute Gasteiger partial charge is 0.337 e. The number of amides is 2. The number of aliphatic imine (C=N–C) groups is 1. The lowest BCUT2D eigenvalue weighted by Gasteiger charge is -2.30. The third-order valence-electron chi connectivity index (χ3n) is 4.37. The third kappa shape index (κ3) is 5.28. The zero-order valence-electron chi connectivity index (χ0n) is 16.4. The Balaban J connectivity index is 1.75. The molecule has 1 heterocycles. The van der Waals surface area contributed by atoms with Gasteiger partial charge in [0.25, 0.3) is 0 Å². The molecule has 30 heavy (non-hydrogen) atoms. The van der Waals surface area contributed by atoms with Crippen LogP contribution in [0.2, 0.25) is 0 Å². The van der Waals surface area contributed by atoms with E-state index in [4.69, 9.17) is 0 Å². The number of nitrogens with one attached hydrogen (secondary N) is 1. The molecule has 0 spiro atoms. The molecule has 1 atom stereocenters. The second-order valence-electron chi connectivity index (χ2n) is 6.38. The van der Waals surface area contributed by atoms with Crippen molar-refractivity contribution in [2.45, 2.75) is 18.6 Å². The van der Waals surface area contributed by atoms with E-state index in [0.717, 1.165) is 4.47 Å². The summed E-state index contributed by atoms with van der Waals surface area (Å²) >= 11 is 4.65. The fraction of sp³-hybridized carbons (Fsp3) is 0.238. The van der Waals surface area contributed by atoms with Gasteiger partial charge in [-0.15, -0.1) is 0 Å². The Morgan fingerprint density at radius 3 is 2.47 bits per heavy atom. The van der Waals surface area contributed by atoms with Gasteiger partial charge in [-0.25, -0.2) is 9.79 Å². The van der Waals surface area contributed by atoms with Gasteiger partial charge in [0.15, 0.2) is 5.17 Å². The van der Waals surface area contributed by atoms with E-state index in [0.29, 0.717) is 28.7 Å². The number of nitrogens with zero attached hydrogens (tertiary/aromatic N) is 2. The van der Waals surface area contributed by atoms with E-state index in [1.807, 2.05) is 31.2 Å². The van der Waals surface area contributed by atoms with Gasteiger partial charge in [0.05, 0.1) is 18.4 Å². The molecule has 0 aliphatic carbocycles. The molecule has 2 amide bonds. The number of thioether (sulfide) groups is 1. The molecule has 2 aromatic carbocycles. The van der Waals surface area contributed by atoms with Crippen LogP contribution in [0.5, 0.6) is 0 Å². The maximum Gasteiger partial charge on any atom is 0.337 e. The van der Waals surface area contributed by atoms with E-state index in [1.54, 1.807) is 29.2 Å². The van der Waals surface area contributed by atoms with Crippen molar-refractivity contribution < 1.29 is 19.1 Å². The van der Waals surface area contributed by atoms with Crippen molar-refractivity contribution in [3.63, 3.8) is 0 Å². The molecule has 0 radical (unpaired) electrons. The van der Waals surface area contributed by atoms with E-state index >= 15 is 0 Å². The lowest BCUT2D eigenvalue weighted by atomic mass is 10.2. The van der Waals surface area contributed by atoms with Crippen LogP contribution in [0.25, 0.3) is 0 Å². The second kappa shape index (κ2) is 9.90. The zero-order valence-corrected chi connectivity index (χ0v) is 18.8. The third-order valence-corrected chi connectivity index (χ3v) is 6.09. The number of carbonyl (C=O) groups excluding carboxylic acids is 3. The molecule has 9 heteroatoms. The maximum atomic E-state index is 12.8. The number of hydrogen-bond acceptors (Lipinski definition) is 6. The van der Waals surface area contributed by atoms with E-state index in [1.165, 1.54) is 18.9 Å². The summed E-state index contributed by atoms with van der Waals surface area (Å²) in [6.45, 7) is 2.35. The first kappa shape index (κ1) is 22.0. The van der Waals surface area contributed by atoms with Crippen molar-refractivity contribution in [1.82, 2.24) is 4.90 Å². The molecule has 156 valence electrons. The highest BCUT2D eigenvalue weighted by Gasteiger charge is 2.35. The van der Waals surface area contributed by atoms with Gasteiger partial charge in [0.1, 0.15) is 5.25 Å². The van der Waals surface area contributed by atoms with Crippen LogP contribution in [-0.2, 0) is 14.3 Å². The average Bonchev–Trinajstić information content (AvgIpc) is 2.75. The fourth-order valence-electron chi connectivity index (χ4n) is 2.81. The van der Waals surface area contributed by atoms with E-state index in [9.17, 15) is 14.4 Å². The summed E-state index contributed by atoms with van der Waals surface area (Å²) in [5.41, 5.74) is 1.62. The molecule has 3 rings (SSSR count). The number of benzene rings is 2. The predicted octanol–water partition coefficient (Wildman–Crippen LogP) is 4.22. The normalized spacial score (nSPS) is 17.7. The maximum absolute atomic E-state index is 12.8. The van der Waals surface area contributed by atoms with Crippen LogP contribution in [0.1, 0.15) is 23.7 Å². The minimum atomic E-state index is -0.602. The number of anilines is 1. The minimum Gasteiger partial charge on any atom is -0.465 e. The summed E-state index contributed by atoms with van der Waals surface area (Å²) in [6, 6.07) is 13.8. The molecule has 0 aromatic heterocycles. The second-order valence-corrected chi connectivity index (χ2v) is 8.46. The van der Waals surface area contributed by atoms with Gasteiger partial charge in [-0.3, -0.25) is 14.5 Å².